The number of aliphatic hydroxyl groups excluding tert-OH is 1. The Hall–Kier alpha value is -1.11. The minimum absolute atomic E-state index is 0.0941. The van der Waals surface area contributed by atoms with Gasteiger partial charge >= 0.3 is 6.18 Å². The van der Waals surface area contributed by atoms with Crippen LogP contribution >= 0.6 is 0 Å². The van der Waals surface area contributed by atoms with E-state index < -0.39 is 17.8 Å². The van der Waals surface area contributed by atoms with Gasteiger partial charge in [0.25, 0.3) is 0 Å². The standard InChI is InChI=1S/C15H22F3NO2/c1-3-19-14(11-20,13-7-5-4-6-8-13)9-10-21-12(2)15(16,17)18/h4-8,12,19-20H,3,9-11H2,1-2H3. The van der Waals surface area contributed by atoms with Crippen LogP contribution < -0.4 is 5.32 Å². The molecule has 1 rings (SSSR count). The van der Waals surface area contributed by atoms with Crippen LogP contribution in [-0.4, -0.2) is 37.1 Å². The van der Waals surface area contributed by atoms with E-state index in [4.69, 9.17) is 4.74 Å². The first kappa shape index (κ1) is 17.9. The summed E-state index contributed by atoms with van der Waals surface area (Å²) in [6.07, 6.45) is -5.93. The molecule has 0 aliphatic rings. The minimum Gasteiger partial charge on any atom is -0.394 e. The molecule has 0 fully saturated rings. The molecular formula is C15H22F3NO2. The van der Waals surface area contributed by atoms with E-state index in [0.29, 0.717) is 6.54 Å². The number of ether oxygens (including phenoxy) is 1. The van der Waals surface area contributed by atoms with Gasteiger partial charge in [0.2, 0.25) is 0 Å². The van der Waals surface area contributed by atoms with Crippen LogP contribution in [-0.2, 0) is 10.3 Å². The van der Waals surface area contributed by atoms with Gasteiger partial charge in [0, 0.05) is 6.61 Å². The van der Waals surface area contributed by atoms with E-state index in [1.54, 1.807) is 0 Å². The van der Waals surface area contributed by atoms with Crippen LogP contribution in [0.1, 0.15) is 25.8 Å². The van der Waals surface area contributed by atoms with Crippen molar-refractivity contribution in [3.05, 3.63) is 35.9 Å². The van der Waals surface area contributed by atoms with Crippen molar-refractivity contribution in [3.63, 3.8) is 0 Å². The number of hydrogen-bond donors (Lipinski definition) is 2. The van der Waals surface area contributed by atoms with E-state index >= 15 is 0 Å². The smallest absolute Gasteiger partial charge is 0.394 e. The molecule has 0 aliphatic carbocycles. The topological polar surface area (TPSA) is 41.5 Å². The lowest BCUT2D eigenvalue weighted by Gasteiger charge is -2.34. The van der Waals surface area contributed by atoms with Gasteiger partial charge in [-0.25, -0.2) is 0 Å². The second-order valence-corrected chi connectivity index (χ2v) is 4.94. The van der Waals surface area contributed by atoms with Crippen molar-refractivity contribution in [2.75, 3.05) is 19.8 Å². The summed E-state index contributed by atoms with van der Waals surface area (Å²) in [5.74, 6) is 0. The lowest BCUT2D eigenvalue weighted by Crippen LogP contribution is -2.47. The zero-order valence-electron chi connectivity index (χ0n) is 12.3. The second kappa shape index (κ2) is 7.77. The van der Waals surface area contributed by atoms with Gasteiger partial charge in [-0.15, -0.1) is 0 Å². The van der Waals surface area contributed by atoms with Gasteiger partial charge < -0.3 is 15.2 Å². The maximum absolute atomic E-state index is 12.4. The number of likely N-dealkylation sites (N-methyl/N-ethyl adjacent to an activating group) is 1. The third-order valence-corrected chi connectivity index (χ3v) is 3.47. The summed E-state index contributed by atoms with van der Waals surface area (Å²) in [5.41, 5.74) is 0.0408. The van der Waals surface area contributed by atoms with Crippen LogP contribution in [0.15, 0.2) is 30.3 Å². The zero-order valence-corrected chi connectivity index (χ0v) is 12.3. The van der Waals surface area contributed by atoms with Crippen molar-refractivity contribution >= 4 is 0 Å². The Labute approximate surface area is 123 Å². The maximum Gasteiger partial charge on any atom is 0.414 e. The Morgan fingerprint density at radius 2 is 1.86 bits per heavy atom. The quantitative estimate of drug-likeness (QED) is 0.776. The highest BCUT2D eigenvalue weighted by Crippen LogP contribution is 2.27. The van der Waals surface area contributed by atoms with Crippen LogP contribution in [0.4, 0.5) is 13.2 Å². The van der Waals surface area contributed by atoms with Gasteiger partial charge in [0.05, 0.1) is 12.1 Å². The fourth-order valence-electron chi connectivity index (χ4n) is 2.16. The molecule has 0 saturated carbocycles. The Bertz CT molecular complexity index is 411. The lowest BCUT2D eigenvalue weighted by molar-refractivity contribution is -0.215. The van der Waals surface area contributed by atoms with E-state index in [-0.39, 0.29) is 19.6 Å². The van der Waals surface area contributed by atoms with Crippen LogP contribution in [0.25, 0.3) is 0 Å². The van der Waals surface area contributed by atoms with Crippen LogP contribution in [0, 0.1) is 0 Å². The number of nitrogens with one attached hydrogen (secondary N) is 1. The summed E-state index contributed by atoms with van der Waals surface area (Å²) in [5, 5.41) is 12.9. The fraction of sp³-hybridized carbons (Fsp3) is 0.600. The molecule has 0 amide bonds. The monoisotopic (exact) mass is 305 g/mol. The van der Waals surface area contributed by atoms with Gasteiger partial charge in [0.1, 0.15) is 0 Å². The molecule has 1 aromatic carbocycles. The molecule has 120 valence electrons. The molecule has 0 radical (unpaired) electrons. The molecular weight excluding hydrogens is 283 g/mol. The average Bonchev–Trinajstić information content (AvgIpc) is 2.46. The highest BCUT2D eigenvalue weighted by molar-refractivity contribution is 5.24. The predicted molar refractivity (Wildman–Crippen MR) is 75.0 cm³/mol. The first-order valence-corrected chi connectivity index (χ1v) is 6.95. The number of rotatable bonds is 8. The molecule has 21 heavy (non-hydrogen) atoms. The Morgan fingerprint density at radius 3 is 2.33 bits per heavy atom. The molecule has 6 heteroatoms. The van der Waals surface area contributed by atoms with Gasteiger partial charge in [-0.1, -0.05) is 37.3 Å². The molecule has 0 aliphatic heterocycles. The van der Waals surface area contributed by atoms with Crippen molar-refractivity contribution in [2.45, 2.75) is 38.1 Å². The van der Waals surface area contributed by atoms with E-state index in [1.807, 2.05) is 37.3 Å². The van der Waals surface area contributed by atoms with Crippen LogP contribution in [0.2, 0.25) is 0 Å². The highest BCUT2D eigenvalue weighted by atomic mass is 19.4. The number of hydrogen-bond acceptors (Lipinski definition) is 3. The SMILES string of the molecule is CCNC(CO)(CCOC(C)C(F)(F)F)c1ccccc1. The van der Waals surface area contributed by atoms with Gasteiger partial charge in [-0.05, 0) is 25.5 Å². The summed E-state index contributed by atoms with van der Waals surface area (Å²) < 4.78 is 42.2. The van der Waals surface area contributed by atoms with Gasteiger partial charge in [-0.2, -0.15) is 13.2 Å². The molecule has 2 atom stereocenters. The molecule has 2 unspecified atom stereocenters. The fourth-order valence-corrected chi connectivity index (χ4v) is 2.16. The molecule has 0 saturated heterocycles. The van der Waals surface area contributed by atoms with E-state index in [1.165, 1.54) is 0 Å². The second-order valence-electron chi connectivity index (χ2n) is 4.94. The molecule has 3 nitrogen and oxygen atoms in total. The number of alkyl halides is 3. The Kier molecular flexibility index (Phi) is 6.64. The van der Waals surface area contributed by atoms with Crippen LogP contribution in [0.3, 0.4) is 0 Å². The largest absolute Gasteiger partial charge is 0.414 e. The molecule has 0 bridgehead atoms. The summed E-state index contributed by atoms with van der Waals surface area (Å²) in [7, 11) is 0. The highest BCUT2D eigenvalue weighted by Gasteiger charge is 2.38. The van der Waals surface area contributed by atoms with E-state index in [2.05, 4.69) is 5.32 Å². The van der Waals surface area contributed by atoms with Crippen molar-refractivity contribution in [2.24, 2.45) is 0 Å². The van der Waals surface area contributed by atoms with Crippen molar-refractivity contribution < 1.29 is 23.0 Å². The summed E-state index contributed by atoms with van der Waals surface area (Å²) >= 11 is 0. The molecule has 0 heterocycles. The third kappa shape index (κ3) is 4.98. The number of benzene rings is 1. The molecule has 0 spiro atoms. The van der Waals surface area contributed by atoms with Crippen molar-refractivity contribution in [1.29, 1.82) is 0 Å². The van der Waals surface area contributed by atoms with Gasteiger partial charge in [0.15, 0.2) is 6.10 Å². The first-order valence-electron chi connectivity index (χ1n) is 6.95. The predicted octanol–water partition coefficient (Wildman–Crippen LogP) is 2.84. The van der Waals surface area contributed by atoms with Crippen LogP contribution in [0.5, 0.6) is 0 Å². The lowest BCUT2D eigenvalue weighted by atomic mass is 9.87. The number of aliphatic hydroxyl groups is 1. The maximum atomic E-state index is 12.4. The molecule has 0 aromatic heterocycles. The summed E-state index contributed by atoms with van der Waals surface area (Å²) in [6.45, 7) is 3.14. The average molecular weight is 305 g/mol. The Morgan fingerprint density at radius 1 is 1.24 bits per heavy atom. The first-order chi connectivity index (χ1) is 9.85. The van der Waals surface area contributed by atoms with Crippen molar-refractivity contribution in [3.8, 4) is 0 Å². The normalized spacial score (nSPS) is 16.5. The van der Waals surface area contributed by atoms with E-state index in [0.717, 1.165) is 12.5 Å². The summed E-state index contributed by atoms with van der Waals surface area (Å²) in [6, 6.07) is 9.19. The zero-order chi connectivity index (χ0) is 15.9. The van der Waals surface area contributed by atoms with Gasteiger partial charge in [-0.3, -0.25) is 0 Å². The van der Waals surface area contributed by atoms with Crippen molar-refractivity contribution in [1.82, 2.24) is 5.32 Å². The summed E-state index contributed by atoms with van der Waals surface area (Å²) in [4.78, 5) is 0. The molecule has 1 aromatic rings. The Balaban J connectivity index is 2.76. The molecule has 2 N–H and O–H groups in total. The van der Waals surface area contributed by atoms with E-state index in [9.17, 15) is 18.3 Å². The minimum atomic E-state index is -4.37. The third-order valence-electron chi connectivity index (χ3n) is 3.47. The number of halogens is 3.